The molecule has 7 fully saturated rings. The van der Waals surface area contributed by atoms with Crippen LogP contribution in [0.2, 0.25) is 0 Å². The summed E-state index contributed by atoms with van der Waals surface area (Å²) in [5, 5.41) is 298. The van der Waals surface area contributed by atoms with Crippen LogP contribution >= 0.6 is 0 Å². The number of hydrogen-bond donors (Lipinski definition) is 30. The maximum absolute atomic E-state index is 14.6. The topological polar surface area (TPSA) is 832 Å². The number of aliphatic hydroxyl groups excluding tert-OH is 22. The zero-order valence-corrected chi connectivity index (χ0v) is 82.8. The molecule has 0 saturated carbocycles. The molecule has 7 aliphatic rings. The summed E-state index contributed by atoms with van der Waals surface area (Å²) in [4.78, 5) is 107. The van der Waals surface area contributed by atoms with Crippen LogP contribution < -0.4 is 26.6 Å². The van der Waals surface area contributed by atoms with Crippen molar-refractivity contribution in [2.24, 2.45) is 0 Å². The summed E-state index contributed by atoms with van der Waals surface area (Å²) >= 11 is 0. The maximum Gasteiger partial charge on any atom is 0.364 e. The summed E-state index contributed by atoms with van der Waals surface area (Å²) in [7, 11) is 0. The van der Waals surface area contributed by atoms with Crippen LogP contribution in [0.15, 0.2) is 12.2 Å². The van der Waals surface area contributed by atoms with Crippen LogP contribution in [0.3, 0.4) is 0 Å². The Bertz CT molecular complexity index is 3880. The molecule has 52 heteroatoms. The van der Waals surface area contributed by atoms with Gasteiger partial charge >= 0.3 is 17.9 Å². The zero-order chi connectivity index (χ0) is 107. The lowest BCUT2D eigenvalue weighted by atomic mass is 9.87. The number of allylic oxidation sites excluding steroid dienone is 1. The molecule has 7 saturated heterocycles. The molecule has 7 rings (SSSR count). The Kier molecular flexibility index (Phi) is 53.6. The number of unbranched alkanes of at least 4 members (excludes halogenated alkanes) is 23. The van der Waals surface area contributed by atoms with Crippen LogP contribution in [0, 0.1) is 0 Å². The van der Waals surface area contributed by atoms with Crippen LogP contribution in [-0.2, 0) is 105 Å². The number of carbonyl (C=O) groups is 8. The van der Waals surface area contributed by atoms with Gasteiger partial charge in [-0.2, -0.15) is 0 Å². The third-order valence-electron chi connectivity index (χ3n) is 27.1. The first kappa shape index (κ1) is 126. The van der Waals surface area contributed by atoms with E-state index in [9.17, 15) is 166 Å². The first-order chi connectivity index (χ1) is 68.9. The van der Waals surface area contributed by atoms with Crippen molar-refractivity contribution < 1.29 is 232 Å². The Morgan fingerprint density at radius 3 is 1.14 bits per heavy atom. The molecule has 7 heterocycles. The predicted molar refractivity (Wildman–Crippen MR) is 492 cm³/mol. The average molecular weight is 2100 g/mol. The monoisotopic (exact) mass is 2100 g/mol. The number of carboxylic acid groups (broad SMARTS) is 3. The van der Waals surface area contributed by atoms with Crippen molar-refractivity contribution in [3.05, 3.63) is 12.2 Å². The summed E-state index contributed by atoms with van der Waals surface area (Å²) in [6, 6.07) is -9.38. The van der Waals surface area contributed by atoms with Gasteiger partial charge in [-0.1, -0.05) is 167 Å². The van der Waals surface area contributed by atoms with E-state index in [0.29, 0.717) is 12.8 Å². The van der Waals surface area contributed by atoms with Gasteiger partial charge in [-0.3, -0.25) is 24.0 Å². The standard InChI is InChI=1S/C93H161N5O47/c1-7-9-11-13-15-17-19-21-23-25-27-29-31-33-51(110)50(98-62(116)34-32-30-28-26-24-22-20-18-16-14-12-10-8-2)45-132-85-73(123)72(122)76(60(43-104)135-85)137-87-75(125)83(145-93(90(130)131)37-54(113)65(96-48(5)108)81(143-93)71(121)59(42-103)140-91(88(126)127)35-52(111)63(94-46(3)106)79(141-91)67(117)55(114)38-99)77(61(44-105)136-87)138-84-66(97-49(6)109)78(69(119)57(40-101)133-84)139-86-74(124)82(70(120)58(41-102)134-86)144-92(89(128)129)36-53(112)64(95-47(4)107)80(142-92)68(118)56(115)39-100/h31,33,50-61,63-87,99-105,110-115,117-125H,7-30,32,34-45H2,1-6H3,(H,94,106)(H,95,107)(H,96,108)(H,97,109)(H,98,116)(H,126,127)(H,128,129)(H,130,131)/b33-31+/t50-,51+,52?,53?,54?,55+,56+,57?,58?,59+,60?,61?,63+,64+,65+,66?,67+,68+,69-,70-,71+,72+,73?,74?,75?,76+,77-,78+,79?,80?,81?,82-,83+,84-,85+,86-,87-,91+,92-,93-/m0/s1. The normalized spacial score (nSPS) is 35.8. The van der Waals surface area contributed by atoms with Crippen molar-refractivity contribution >= 4 is 47.4 Å². The van der Waals surface area contributed by atoms with E-state index >= 15 is 0 Å². The van der Waals surface area contributed by atoms with Gasteiger partial charge in [-0.05, 0) is 19.3 Å². The van der Waals surface area contributed by atoms with E-state index in [4.69, 9.17) is 66.3 Å². The Morgan fingerprint density at radius 1 is 0.372 bits per heavy atom. The highest BCUT2D eigenvalue weighted by molar-refractivity contribution is 5.79. The highest BCUT2D eigenvalue weighted by Gasteiger charge is 2.66. The largest absolute Gasteiger partial charge is 0.477 e. The van der Waals surface area contributed by atoms with Gasteiger partial charge in [0.1, 0.15) is 153 Å². The minimum Gasteiger partial charge on any atom is -0.477 e. The van der Waals surface area contributed by atoms with E-state index in [1.165, 1.54) is 70.3 Å². The molecule has 145 heavy (non-hydrogen) atoms. The minimum atomic E-state index is -3.81. The number of hydrogen-bond acceptors (Lipinski definition) is 44. The summed E-state index contributed by atoms with van der Waals surface area (Å²) in [5.41, 5.74) is 0. The average Bonchev–Trinajstić information content (AvgIpc) is 0.764. The number of aliphatic hydroxyl groups is 22. The molecule has 0 aromatic rings. The maximum atomic E-state index is 14.6. The van der Waals surface area contributed by atoms with Crippen LogP contribution in [0.5, 0.6) is 0 Å². The Balaban J connectivity index is 1.27. The van der Waals surface area contributed by atoms with E-state index in [-0.39, 0.29) is 6.42 Å². The van der Waals surface area contributed by atoms with Gasteiger partial charge in [-0.25, -0.2) is 14.4 Å². The van der Waals surface area contributed by atoms with Gasteiger partial charge in [0.15, 0.2) is 25.2 Å². The predicted octanol–water partition coefficient (Wildman–Crippen LogP) is -7.48. The Morgan fingerprint density at radius 2 is 0.724 bits per heavy atom. The highest BCUT2D eigenvalue weighted by Crippen LogP contribution is 2.45. The van der Waals surface area contributed by atoms with E-state index in [1.807, 2.05) is 0 Å². The molecule has 0 spiro atoms. The Labute approximate surface area is 839 Å². The quantitative estimate of drug-likeness (QED) is 0.0199. The van der Waals surface area contributed by atoms with Gasteiger partial charge in [0.25, 0.3) is 17.4 Å². The van der Waals surface area contributed by atoms with Crippen molar-refractivity contribution in [1.82, 2.24) is 26.6 Å². The number of ether oxygens (including phenoxy) is 14. The number of carbonyl (C=O) groups excluding carboxylic acids is 5. The van der Waals surface area contributed by atoms with E-state index in [0.717, 1.165) is 111 Å². The Hall–Kier alpha value is -5.94. The van der Waals surface area contributed by atoms with Crippen molar-refractivity contribution in [3.8, 4) is 0 Å². The third-order valence-corrected chi connectivity index (χ3v) is 27.1. The molecule has 14 unspecified atom stereocenters. The number of aliphatic carboxylic acids is 3. The summed E-state index contributed by atoms with van der Waals surface area (Å²) < 4.78 is 84.5. The van der Waals surface area contributed by atoms with E-state index in [1.54, 1.807) is 6.08 Å². The van der Waals surface area contributed by atoms with Crippen molar-refractivity contribution in [2.75, 3.05) is 52.9 Å². The lowest BCUT2D eigenvalue weighted by Gasteiger charge is -2.53. The summed E-state index contributed by atoms with van der Waals surface area (Å²) in [6.07, 6.45) is -50.7. The van der Waals surface area contributed by atoms with Gasteiger partial charge in [0.2, 0.25) is 29.5 Å². The second-order valence-electron chi connectivity index (χ2n) is 38.5. The third kappa shape index (κ3) is 35.0. The number of nitrogens with one attached hydrogen (secondary N) is 5. The number of carboxylic acids is 3. The fraction of sp³-hybridized carbons (Fsp3) is 0.892. The molecule has 52 nitrogen and oxygen atoms in total. The van der Waals surface area contributed by atoms with Crippen molar-refractivity contribution in [2.45, 2.75) is 471 Å². The molecule has 5 amide bonds. The molecule has 0 aliphatic carbocycles. The SMILES string of the molecule is CCCCCCCCCCCCC/C=C/[C@@H](O)[C@H](CO[C@@H]1OC(CO)[C@@H](O[C@@H]2OC(CO)[C@H](O[C@@H]3OC(CO)[C@H](O)[C@H](O[C@@H]4OC(CO)[C@H](O)[C@H](O[C@]5(C(=O)O)CC(O)[C@@H](NC(C)=O)C([C@H](O)[C@H](O)CO)O5)C4O)C3NC(C)=O)[C@H](O[C@]3(C(=O)O)CC(O)[C@@H](NC(C)=O)C([C@H](O)[C@@H](CO)O[C@]4(C(=O)O)CC(O)[C@@H](NC(C)=O)C([C@H](O)[C@H](O)CO)O4)O3)C2O)[C@H](O)C1O)NC(=O)CCCCCCCCCCCCCCC. The molecule has 0 bridgehead atoms. The van der Waals surface area contributed by atoms with Crippen molar-refractivity contribution in [3.63, 3.8) is 0 Å². The van der Waals surface area contributed by atoms with Gasteiger partial charge in [0, 0.05) is 53.4 Å². The first-order valence-electron chi connectivity index (χ1n) is 50.4. The number of amides is 5. The summed E-state index contributed by atoms with van der Waals surface area (Å²) in [6.45, 7) is -2.31. The first-order valence-corrected chi connectivity index (χ1v) is 50.4. The van der Waals surface area contributed by atoms with Crippen LogP contribution in [0.4, 0.5) is 0 Å². The smallest absolute Gasteiger partial charge is 0.364 e. The zero-order valence-electron chi connectivity index (χ0n) is 82.8. The van der Waals surface area contributed by atoms with E-state index in [2.05, 4.69) is 40.4 Å². The van der Waals surface area contributed by atoms with Crippen LogP contribution in [0.25, 0.3) is 0 Å². The highest BCUT2D eigenvalue weighted by atomic mass is 16.8. The lowest BCUT2D eigenvalue weighted by Crippen LogP contribution is -2.73. The van der Waals surface area contributed by atoms with E-state index < -0.39 is 363 Å². The molecule has 0 aromatic heterocycles. The number of rotatable bonds is 64. The molecular formula is C93H161N5O47. The molecule has 7 aliphatic heterocycles. The van der Waals surface area contributed by atoms with Crippen molar-refractivity contribution in [1.29, 1.82) is 0 Å². The molecule has 40 atom stereocenters. The minimum absolute atomic E-state index is 0.0457. The molecule has 30 N–H and O–H groups in total. The molecule has 0 radical (unpaired) electrons. The fourth-order valence-corrected chi connectivity index (χ4v) is 19.1. The van der Waals surface area contributed by atoms with Gasteiger partial charge < -0.3 is 221 Å². The van der Waals surface area contributed by atoms with Crippen LogP contribution in [-0.4, -0.2) is 472 Å². The van der Waals surface area contributed by atoms with Gasteiger partial charge in [0.05, 0.1) is 101 Å². The fourth-order valence-electron chi connectivity index (χ4n) is 19.1. The lowest BCUT2D eigenvalue weighted by molar-refractivity contribution is -0.405. The summed E-state index contributed by atoms with van der Waals surface area (Å²) in [5.74, 6) is -22.1. The second kappa shape index (κ2) is 61.7. The molecule has 0 aromatic carbocycles. The van der Waals surface area contributed by atoms with Crippen LogP contribution in [0.1, 0.15) is 228 Å². The van der Waals surface area contributed by atoms with Gasteiger partial charge in [-0.15, -0.1) is 0 Å². The molecule has 840 valence electrons. The second-order valence-corrected chi connectivity index (χ2v) is 38.5. The molecular weight excluding hydrogens is 1940 g/mol.